The molecule has 0 aromatic heterocycles. The Morgan fingerprint density at radius 3 is 2.29 bits per heavy atom. The minimum absolute atomic E-state index is 0.224. The fraction of sp³-hybridized carbons (Fsp3) is 1.00. The molecule has 0 aromatic rings. The van der Waals surface area contributed by atoms with E-state index in [1.54, 1.807) is 0 Å². The summed E-state index contributed by atoms with van der Waals surface area (Å²) in [4.78, 5) is 0. The van der Waals surface area contributed by atoms with E-state index in [9.17, 15) is 8.42 Å². The third-order valence-electron chi connectivity index (χ3n) is 3.67. The lowest BCUT2D eigenvalue weighted by Gasteiger charge is -2.36. The molecule has 0 amide bonds. The maximum Gasteiger partial charge on any atom is 0.281 e. The van der Waals surface area contributed by atoms with Gasteiger partial charge in [0.25, 0.3) is 10.1 Å². The molecule has 0 spiro atoms. The molecule has 1 atom stereocenters. The summed E-state index contributed by atoms with van der Waals surface area (Å²) in [7, 11) is -3.97. The van der Waals surface area contributed by atoms with E-state index in [4.69, 9.17) is 4.55 Å². The third-order valence-corrected chi connectivity index (χ3v) is 4.76. The molecule has 1 saturated carbocycles. The van der Waals surface area contributed by atoms with Crippen LogP contribution in [0.3, 0.4) is 0 Å². The number of hydrogen-bond donors (Lipinski definition) is 2. The van der Waals surface area contributed by atoms with Crippen LogP contribution in [-0.4, -0.2) is 24.4 Å². The van der Waals surface area contributed by atoms with E-state index in [1.807, 2.05) is 6.92 Å². The largest absolute Gasteiger partial charge is 0.296 e. The first-order valence-electron chi connectivity index (χ1n) is 6.47. The second-order valence-electron chi connectivity index (χ2n) is 5.90. The van der Waals surface area contributed by atoms with Crippen molar-refractivity contribution in [2.45, 2.75) is 70.7 Å². The lowest BCUT2D eigenvalue weighted by atomic mass is 9.75. The first-order valence-corrected chi connectivity index (χ1v) is 7.97. The molecule has 1 aliphatic carbocycles. The van der Waals surface area contributed by atoms with Gasteiger partial charge in [0.1, 0.15) is 5.37 Å². The Hall–Kier alpha value is -0.130. The Balaban J connectivity index is 2.52. The average Bonchev–Trinajstić information content (AvgIpc) is 2.18. The molecule has 102 valence electrons. The Morgan fingerprint density at radius 1 is 1.35 bits per heavy atom. The second-order valence-corrected chi connectivity index (χ2v) is 7.50. The molecular formula is C12H25NO3S. The first kappa shape index (κ1) is 14.9. The lowest BCUT2D eigenvalue weighted by molar-refractivity contribution is 0.202. The van der Waals surface area contributed by atoms with Crippen LogP contribution >= 0.6 is 0 Å². The van der Waals surface area contributed by atoms with Gasteiger partial charge in [0.15, 0.2) is 0 Å². The maximum atomic E-state index is 11.2. The standard InChI is InChI=1S/C12H25NO3S/c1-4-5-11(17(14,15)16)13-10-6-8-12(2,3)9-7-10/h10-11,13H,4-9H2,1-3H3,(H,14,15,16). The molecule has 1 fully saturated rings. The van der Waals surface area contributed by atoms with Crippen LogP contribution in [0.25, 0.3) is 0 Å². The van der Waals surface area contributed by atoms with Gasteiger partial charge in [-0.15, -0.1) is 0 Å². The van der Waals surface area contributed by atoms with Crippen molar-refractivity contribution in [2.75, 3.05) is 0 Å². The number of rotatable bonds is 5. The quantitative estimate of drug-likeness (QED) is 0.748. The molecule has 2 N–H and O–H groups in total. The summed E-state index contributed by atoms with van der Waals surface area (Å²) in [6, 6.07) is 0.224. The normalized spacial score (nSPS) is 23.5. The second kappa shape index (κ2) is 5.67. The summed E-state index contributed by atoms with van der Waals surface area (Å²) in [5.74, 6) is 0. The molecule has 5 heteroatoms. The van der Waals surface area contributed by atoms with Crippen LogP contribution in [-0.2, 0) is 10.1 Å². The van der Waals surface area contributed by atoms with Gasteiger partial charge in [-0.1, -0.05) is 27.2 Å². The topological polar surface area (TPSA) is 66.4 Å². The zero-order valence-corrected chi connectivity index (χ0v) is 11.9. The van der Waals surface area contributed by atoms with Gasteiger partial charge >= 0.3 is 0 Å². The molecule has 1 rings (SSSR count). The highest BCUT2D eigenvalue weighted by Gasteiger charge is 2.30. The van der Waals surface area contributed by atoms with Crippen LogP contribution in [0, 0.1) is 5.41 Å². The number of hydrogen-bond acceptors (Lipinski definition) is 3. The van der Waals surface area contributed by atoms with Gasteiger partial charge in [-0.3, -0.25) is 9.87 Å². The van der Waals surface area contributed by atoms with Gasteiger partial charge < -0.3 is 0 Å². The Kier molecular flexibility index (Phi) is 4.98. The summed E-state index contributed by atoms with van der Waals surface area (Å²) in [5, 5.41) is 2.30. The van der Waals surface area contributed by atoms with E-state index in [0.29, 0.717) is 11.8 Å². The van der Waals surface area contributed by atoms with E-state index in [0.717, 1.165) is 32.1 Å². The predicted molar refractivity (Wildman–Crippen MR) is 69.4 cm³/mol. The molecule has 0 bridgehead atoms. The van der Waals surface area contributed by atoms with Crippen LogP contribution in [0.1, 0.15) is 59.3 Å². The molecule has 1 aliphatic rings. The zero-order valence-electron chi connectivity index (χ0n) is 11.1. The van der Waals surface area contributed by atoms with Crippen molar-refractivity contribution in [2.24, 2.45) is 5.41 Å². The fourth-order valence-corrected chi connectivity index (χ4v) is 3.31. The van der Waals surface area contributed by atoms with E-state index in [-0.39, 0.29) is 6.04 Å². The molecule has 17 heavy (non-hydrogen) atoms. The summed E-state index contributed by atoms with van der Waals surface area (Å²) in [5.41, 5.74) is 0.372. The van der Waals surface area contributed by atoms with Crippen molar-refractivity contribution in [3.05, 3.63) is 0 Å². The van der Waals surface area contributed by atoms with Crippen molar-refractivity contribution in [3.63, 3.8) is 0 Å². The summed E-state index contributed by atoms with van der Waals surface area (Å²) in [6.07, 6.45) is 5.41. The Labute approximate surface area is 105 Å². The van der Waals surface area contributed by atoms with Crippen LogP contribution < -0.4 is 5.32 Å². The van der Waals surface area contributed by atoms with Crippen LogP contribution in [0.5, 0.6) is 0 Å². The molecule has 1 unspecified atom stereocenters. The molecule has 0 heterocycles. The van der Waals surface area contributed by atoms with Gasteiger partial charge in [-0.25, -0.2) is 0 Å². The average molecular weight is 263 g/mol. The van der Waals surface area contributed by atoms with Gasteiger partial charge in [0.05, 0.1) is 0 Å². The SMILES string of the molecule is CCCC(NC1CCC(C)(C)CC1)S(=O)(=O)O. The monoisotopic (exact) mass is 263 g/mol. The molecular weight excluding hydrogens is 238 g/mol. The summed E-state index contributed by atoms with van der Waals surface area (Å²) < 4.78 is 31.6. The summed E-state index contributed by atoms with van der Waals surface area (Å²) >= 11 is 0. The van der Waals surface area contributed by atoms with E-state index >= 15 is 0 Å². The molecule has 4 nitrogen and oxygen atoms in total. The minimum Gasteiger partial charge on any atom is -0.296 e. The highest BCUT2D eigenvalue weighted by molar-refractivity contribution is 7.86. The van der Waals surface area contributed by atoms with Gasteiger partial charge in [0.2, 0.25) is 0 Å². The molecule has 0 aromatic carbocycles. The van der Waals surface area contributed by atoms with Gasteiger partial charge in [-0.2, -0.15) is 8.42 Å². The van der Waals surface area contributed by atoms with Crippen molar-refractivity contribution in [3.8, 4) is 0 Å². The van der Waals surface area contributed by atoms with Crippen molar-refractivity contribution >= 4 is 10.1 Å². The van der Waals surface area contributed by atoms with E-state index in [2.05, 4.69) is 19.2 Å². The Bertz CT molecular complexity index is 328. The van der Waals surface area contributed by atoms with Gasteiger partial charge in [-0.05, 0) is 37.5 Å². The molecule has 0 saturated heterocycles. The molecule has 0 radical (unpaired) electrons. The van der Waals surface area contributed by atoms with Crippen LogP contribution in [0.4, 0.5) is 0 Å². The fourth-order valence-electron chi connectivity index (χ4n) is 2.41. The lowest BCUT2D eigenvalue weighted by Crippen LogP contribution is -2.45. The highest BCUT2D eigenvalue weighted by Crippen LogP contribution is 2.35. The van der Waals surface area contributed by atoms with Crippen LogP contribution in [0.15, 0.2) is 0 Å². The van der Waals surface area contributed by atoms with Gasteiger partial charge in [0, 0.05) is 6.04 Å². The van der Waals surface area contributed by atoms with Crippen molar-refractivity contribution < 1.29 is 13.0 Å². The Morgan fingerprint density at radius 2 is 1.88 bits per heavy atom. The maximum absolute atomic E-state index is 11.2. The van der Waals surface area contributed by atoms with Crippen molar-refractivity contribution in [1.29, 1.82) is 0 Å². The molecule has 0 aliphatic heterocycles. The first-order chi connectivity index (χ1) is 7.74. The van der Waals surface area contributed by atoms with Crippen molar-refractivity contribution in [1.82, 2.24) is 5.32 Å². The minimum atomic E-state index is -3.97. The van der Waals surface area contributed by atoms with E-state index in [1.165, 1.54) is 0 Å². The number of nitrogens with one attached hydrogen (secondary N) is 1. The zero-order chi connectivity index (χ0) is 13.1. The summed E-state index contributed by atoms with van der Waals surface area (Å²) in [6.45, 7) is 6.41. The third kappa shape index (κ3) is 4.94. The highest BCUT2D eigenvalue weighted by atomic mass is 32.2. The predicted octanol–water partition coefficient (Wildman–Crippen LogP) is 2.56. The van der Waals surface area contributed by atoms with Crippen LogP contribution in [0.2, 0.25) is 0 Å². The smallest absolute Gasteiger partial charge is 0.281 e. The van der Waals surface area contributed by atoms with E-state index < -0.39 is 15.5 Å².